The molecule has 0 saturated carbocycles. The van der Waals surface area contributed by atoms with Crippen molar-refractivity contribution in [2.45, 2.75) is 13.8 Å². The van der Waals surface area contributed by atoms with Crippen molar-refractivity contribution in [3.05, 3.63) is 127 Å². The Balaban J connectivity index is 1.64. The van der Waals surface area contributed by atoms with Gasteiger partial charge in [-0.1, -0.05) is 120 Å². The Morgan fingerprint density at radius 2 is 0.892 bits per heavy atom. The first-order valence-corrected chi connectivity index (χ1v) is 12.7. The number of fused-ring (bicyclic) bond motifs is 3. The Kier molecular flexibility index (Phi) is 4.93. The van der Waals surface area contributed by atoms with E-state index in [1.54, 1.807) is 0 Å². The Labute approximate surface area is 215 Å². The molecule has 0 aliphatic heterocycles. The molecule has 0 atom stereocenters. The molecule has 0 spiro atoms. The van der Waals surface area contributed by atoms with Gasteiger partial charge in [0.15, 0.2) is 0 Å². The van der Waals surface area contributed by atoms with Crippen molar-refractivity contribution in [2.24, 2.45) is 0 Å². The third-order valence-electron chi connectivity index (χ3n) is 7.49. The molecule has 0 radical (unpaired) electrons. The van der Waals surface area contributed by atoms with Gasteiger partial charge in [0, 0.05) is 11.1 Å². The zero-order chi connectivity index (χ0) is 24.9. The summed E-state index contributed by atoms with van der Waals surface area (Å²) in [7, 11) is 0. The zero-order valence-corrected chi connectivity index (χ0v) is 20.8. The van der Waals surface area contributed by atoms with E-state index in [-0.39, 0.29) is 0 Å². The highest BCUT2D eigenvalue weighted by Gasteiger charge is 2.22. The second-order valence-electron chi connectivity index (χ2n) is 9.61. The van der Waals surface area contributed by atoms with Crippen molar-refractivity contribution in [1.29, 1.82) is 0 Å². The number of hydrogen-bond donors (Lipinski definition) is 0. The van der Waals surface area contributed by atoms with Gasteiger partial charge in [-0.3, -0.25) is 0 Å². The number of aromatic nitrogens is 1. The fraction of sp³-hybridized carbons (Fsp3) is 0.0571. The third-order valence-corrected chi connectivity index (χ3v) is 7.49. The van der Waals surface area contributed by atoms with E-state index in [0.717, 1.165) is 17.0 Å². The van der Waals surface area contributed by atoms with Crippen LogP contribution in [0.4, 0.5) is 0 Å². The smallest absolute Gasteiger partial charge is 0.141 e. The monoisotopic (exact) mass is 475 g/mol. The summed E-state index contributed by atoms with van der Waals surface area (Å²) in [5, 5.41) is 11.7. The number of benzene rings is 6. The maximum atomic E-state index is 5.63. The summed E-state index contributed by atoms with van der Waals surface area (Å²) in [5.74, 6) is 0.846. The minimum Gasteiger partial charge on any atom is -0.361 e. The van der Waals surface area contributed by atoms with Crippen LogP contribution in [0.15, 0.2) is 120 Å². The van der Waals surface area contributed by atoms with E-state index < -0.39 is 0 Å². The first-order chi connectivity index (χ1) is 18.2. The van der Waals surface area contributed by atoms with Gasteiger partial charge in [0.05, 0.1) is 5.69 Å². The molecule has 7 rings (SSSR count). The first kappa shape index (κ1) is 21.6. The fourth-order valence-corrected chi connectivity index (χ4v) is 5.91. The van der Waals surface area contributed by atoms with E-state index in [2.05, 4.69) is 120 Å². The van der Waals surface area contributed by atoms with Gasteiger partial charge in [-0.25, -0.2) is 0 Å². The van der Waals surface area contributed by atoms with Crippen LogP contribution in [0.3, 0.4) is 0 Å². The van der Waals surface area contributed by atoms with Gasteiger partial charge in [0.2, 0.25) is 0 Å². The average molecular weight is 476 g/mol. The first-order valence-electron chi connectivity index (χ1n) is 12.7. The molecule has 0 aliphatic carbocycles. The number of nitrogens with zero attached hydrogens (tertiary/aromatic N) is 1. The molecule has 0 amide bonds. The molecule has 2 heteroatoms. The fourth-order valence-electron chi connectivity index (χ4n) is 5.91. The Morgan fingerprint density at radius 1 is 0.432 bits per heavy atom. The van der Waals surface area contributed by atoms with Crippen LogP contribution in [-0.4, -0.2) is 5.16 Å². The summed E-state index contributed by atoms with van der Waals surface area (Å²) in [4.78, 5) is 0. The number of hydrogen-bond acceptors (Lipinski definition) is 2. The molecule has 37 heavy (non-hydrogen) atoms. The quantitative estimate of drug-likeness (QED) is 0.238. The number of aryl methyl sites for hydroxylation is 2. The third kappa shape index (κ3) is 3.30. The summed E-state index contributed by atoms with van der Waals surface area (Å²) < 4.78 is 5.63. The Bertz CT molecular complexity index is 1870. The predicted octanol–water partition coefficient (Wildman–Crippen LogP) is 9.75. The highest BCUT2D eigenvalue weighted by molar-refractivity contribution is 6.24. The van der Waals surface area contributed by atoms with Crippen LogP contribution in [0, 0.1) is 13.8 Å². The lowest BCUT2D eigenvalue weighted by molar-refractivity contribution is 0.393. The van der Waals surface area contributed by atoms with Gasteiger partial charge in [-0.15, -0.1) is 0 Å². The van der Waals surface area contributed by atoms with Gasteiger partial charge in [0.1, 0.15) is 5.76 Å². The minimum absolute atomic E-state index is 0.846. The summed E-state index contributed by atoms with van der Waals surface area (Å²) in [5.41, 5.74) is 8.18. The highest BCUT2D eigenvalue weighted by Crippen LogP contribution is 2.47. The normalized spacial score (nSPS) is 11.5. The van der Waals surface area contributed by atoms with Crippen molar-refractivity contribution < 1.29 is 4.52 Å². The van der Waals surface area contributed by atoms with Crippen LogP contribution >= 0.6 is 0 Å². The van der Waals surface area contributed by atoms with Crippen LogP contribution in [0.5, 0.6) is 0 Å². The summed E-state index contributed by atoms with van der Waals surface area (Å²) >= 11 is 0. The van der Waals surface area contributed by atoms with E-state index in [4.69, 9.17) is 4.52 Å². The van der Waals surface area contributed by atoms with Crippen LogP contribution in [0.1, 0.15) is 11.5 Å². The largest absolute Gasteiger partial charge is 0.361 e. The van der Waals surface area contributed by atoms with Crippen molar-refractivity contribution in [1.82, 2.24) is 5.16 Å². The van der Waals surface area contributed by atoms with Crippen molar-refractivity contribution in [3.63, 3.8) is 0 Å². The summed E-state index contributed by atoms with van der Waals surface area (Å²) in [6.07, 6.45) is 0. The van der Waals surface area contributed by atoms with Gasteiger partial charge in [-0.2, -0.15) is 0 Å². The molecule has 176 valence electrons. The van der Waals surface area contributed by atoms with Gasteiger partial charge < -0.3 is 4.52 Å². The maximum Gasteiger partial charge on any atom is 0.141 e. The molecule has 0 unspecified atom stereocenters. The van der Waals surface area contributed by atoms with Gasteiger partial charge >= 0.3 is 0 Å². The van der Waals surface area contributed by atoms with E-state index in [9.17, 15) is 0 Å². The van der Waals surface area contributed by atoms with Crippen LogP contribution in [0.2, 0.25) is 0 Å². The predicted molar refractivity (Wildman–Crippen MR) is 155 cm³/mol. The van der Waals surface area contributed by atoms with Crippen LogP contribution in [0.25, 0.3) is 65.7 Å². The number of rotatable bonds is 3. The Morgan fingerprint density at radius 3 is 1.43 bits per heavy atom. The second-order valence-corrected chi connectivity index (χ2v) is 9.61. The summed E-state index contributed by atoms with van der Waals surface area (Å²) in [6, 6.07) is 41.5. The van der Waals surface area contributed by atoms with Gasteiger partial charge in [-0.05, 0) is 68.4 Å². The zero-order valence-electron chi connectivity index (χ0n) is 20.8. The Hall–Kier alpha value is -4.69. The SMILES string of the molecule is Cc1noc(C)c1-c1c2ccccc2c(-c2ccc(-c3ccccc3)c3ccccc23)c2ccccc12. The highest BCUT2D eigenvalue weighted by atomic mass is 16.5. The van der Waals surface area contributed by atoms with E-state index in [1.807, 2.05) is 13.8 Å². The van der Waals surface area contributed by atoms with Crippen molar-refractivity contribution in [2.75, 3.05) is 0 Å². The van der Waals surface area contributed by atoms with Crippen LogP contribution < -0.4 is 0 Å². The lowest BCUT2D eigenvalue weighted by Crippen LogP contribution is -1.93. The molecule has 0 fully saturated rings. The van der Waals surface area contributed by atoms with Crippen molar-refractivity contribution in [3.8, 4) is 33.4 Å². The van der Waals surface area contributed by atoms with Crippen LogP contribution in [-0.2, 0) is 0 Å². The van der Waals surface area contributed by atoms with Gasteiger partial charge in [0.25, 0.3) is 0 Å². The lowest BCUT2D eigenvalue weighted by Gasteiger charge is -2.19. The van der Waals surface area contributed by atoms with E-state index >= 15 is 0 Å². The van der Waals surface area contributed by atoms with Crippen molar-refractivity contribution >= 4 is 32.3 Å². The van der Waals surface area contributed by atoms with E-state index in [0.29, 0.717) is 0 Å². The molecule has 0 bridgehead atoms. The maximum absolute atomic E-state index is 5.63. The molecular weight excluding hydrogens is 450 g/mol. The molecule has 0 saturated heterocycles. The molecule has 7 aromatic rings. The second kappa shape index (κ2) is 8.46. The average Bonchev–Trinajstić information content (AvgIpc) is 3.29. The molecule has 1 aromatic heterocycles. The van der Waals surface area contributed by atoms with E-state index in [1.165, 1.54) is 60.1 Å². The molecular formula is C35H25NO. The molecule has 0 aliphatic rings. The standard InChI is InChI=1S/C35H25NO/c1-22-33(23(2)37-36-22)35-30-18-10-8-16-28(30)34(29-17-9-11-19-31(29)35)32-21-20-25(24-12-4-3-5-13-24)26-14-6-7-15-27(26)32/h3-21H,1-2H3. The minimum atomic E-state index is 0.846. The summed E-state index contributed by atoms with van der Waals surface area (Å²) in [6.45, 7) is 4.03. The topological polar surface area (TPSA) is 26.0 Å². The molecule has 2 nitrogen and oxygen atoms in total. The molecule has 1 heterocycles. The lowest BCUT2D eigenvalue weighted by atomic mass is 9.83. The molecule has 6 aromatic carbocycles. The molecule has 0 N–H and O–H groups in total.